The molecule has 0 aromatic heterocycles. The van der Waals surface area contributed by atoms with Gasteiger partial charge < -0.3 is 10.5 Å². The smallest absolute Gasteiger partial charge is 0.413 e. The minimum Gasteiger partial charge on any atom is -0.449 e. The van der Waals surface area contributed by atoms with Crippen LogP contribution in [0.1, 0.15) is 13.8 Å². The number of nitrogens with two attached hydrogens (primary N) is 1. The highest BCUT2D eigenvalue weighted by Crippen LogP contribution is 1.91. The van der Waals surface area contributed by atoms with Gasteiger partial charge in [-0.3, -0.25) is 5.32 Å². The van der Waals surface area contributed by atoms with Gasteiger partial charge in [-0.25, -0.2) is 4.79 Å². The van der Waals surface area contributed by atoms with Gasteiger partial charge in [0.2, 0.25) is 0 Å². The van der Waals surface area contributed by atoms with E-state index in [1.165, 1.54) is 0 Å². The predicted octanol–water partition coefficient (Wildman–Crippen LogP) is 0.612. The minimum absolute atomic E-state index is 0.0706. The lowest BCUT2D eigenvalue weighted by molar-refractivity contribution is 0.138. The number of carbonyl (C=O) groups excluding carboxylic acids is 1. The lowest BCUT2D eigenvalue weighted by Crippen LogP contribution is -2.35. The van der Waals surface area contributed by atoms with Crippen molar-refractivity contribution < 1.29 is 9.53 Å². The third kappa shape index (κ3) is 7.05. The van der Waals surface area contributed by atoms with E-state index in [-0.39, 0.29) is 5.11 Å². The Hall–Kier alpha value is -0.840. The van der Waals surface area contributed by atoms with Crippen molar-refractivity contribution in [1.82, 2.24) is 5.32 Å². The molecular weight excluding hydrogens is 164 g/mol. The summed E-state index contributed by atoms with van der Waals surface area (Å²) in [6.45, 7) is 4.25. The average molecular weight is 176 g/mol. The average Bonchev–Trinajstić information content (AvgIpc) is 1.82. The molecule has 0 aliphatic rings. The van der Waals surface area contributed by atoms with E-state index in [2.05, 4.69) is 17.5 Å². The van der Waals surface area contributed by atoms with Crippen LogP contribution >= 0.6 is 12.2 Å². The Labute approximate surface area is 71.1 Å². The molecule has 0 aliphatic heterocycles. The van der Waals surface area contributed by atoms with E-state index in [9.17, 15) is 4.79 Å². The third-order valence-corrected chi connectivity index (χ3v) is 0.875. The first-order valence-corrected chi connectivity index (χ1v) is 3.66. The zero-order valence-electron chi connectivity index (χ0n) is 6.59. The molecule has 4 nitrogen and oxygen atoms in total. The Balaban J connectivity index is 3.46. The minimum atomic E-state index is -0.591. The fourth-order valence-electron chi connectivity index (χ4n) is 0.379. The lowest BCUT2D eigenvalue weighted by atomic mass is 10.2. The molecule has 0 fully saturated rings. The maximum absolute atomic E-state index is 10.7. The molecule has 64 valence electrons. The number of amides is 1. The Morgan fingerprint density at radius 2 is 2.27 bits per heavy atom. The van der Waals surface area contributed by atoms with Crippen molar-refractivity contribution in [3.8, 4) is 0 Å². The fourth-order valence-corrected chi connectivity index (χ4v) is 0.462. The summed E-state index contributed by atoms with van der Waals surface area (Å²) in [6.07, 6.45) is -0.591. The molecule has 0 aromatic rings. The van der Waals surface area contributed by atoms with E-state index in [1.807, 2.05) is 13.8 Å². The van der Waals surface area contributed by atoms with Gasteiger partial charge in [-0.1, -0.05) is 13.8 Å². The summed E-state index contributed by atoms with van der Waals surface area (Å²) in [6, 6.07) is 0. The van der Waals surface area contributed by atoms with Crippen LogP contribution in [0.15, 0.2) is 0 Å². The largest absolute Gasteiger partial charge is 0.449 e. The van der Waals surface area contributed by atoms with Gasteiger partial charge in [0.05, 0.1) is 6.61 Å². The molecular formula is C6H12N2O2S. The molecule has 11 heavy (non-hydrogen) atoms. The molecule has 0 aromatic carbocycles. The number of hydrogen-bond donors (Lipinski definition) is 2. The summed E-state index contributed by atoms with van der Waals surface area (Å²) in [5.41, 5.74) is 5.02. The first-order chi connectivity index (χ1) is 5.02. The monoisotopic (exact) mass is 176 g/mol. The molecule has 1 amide bonds. The SMILES string of the molecule is CC(C)COC(=O)NC(N)=S. The van der Waals surface area contributed by atoms with Gasteiger partial charge in [-0.15, -0.1) is 0 Å². The summed E-state index contributed by atoms with van der Waals surface area (Å²) < 4.78 is 4.70. The van der Waals surface area contributed by atoms with Crippen molar-refractivity contribution in [2.45, 2.75) is 13.8 Å². The molecule has 0 atom stereocenters. The summed E-state index contributed by atoms with van der Waals surface area (Å²) in [4.78, 5) is 10.7. The van der Waals surface area contributed by atoms with Gasteiger partial charge >= 0.3 is 6.09 Å². The second-order valence-corrected chi connectivity index (χ2v) is 2.92. The van der Waals surface area contributed by atoms with E-state index in [4.69, 9.17) is 10.5 Å². The number of alkyl carbamates (subject to hydrolysis) is 1. The van der Waals surface area contributed by atoms with Crippen LogP contribution in [0.25, 0.3) is 0 Å². The summed E-state index contributed by atoms with van der Waals surface area (Å²) in [7, 11) is 0. The normalized spacial score (nSPS) is 9.36. The number of carbonyl (C=O) groups is 1. The lowest BCUT2D eigenvalue weighted by Gasteiger charge is -2.06. The van der Waals surface area contributed by atoms with E-state index in [1.54, 1.807) is 0 Å². The summed E-state index contributed by atoms with van der Waals surface area (Å²) in [5, 5.41) is 2.08. The predicted molar refractivity (Wildman–Crippen MR) is 46.1 cm³/mol. The van der Waals surface area contributed by atoms with Crippen LogP contribution in [-0.4, -0.2) is 17.8 Å². The summed E-state index contributed by atoms with van der Waals surface area (Å²) >= 11 is 4.42. The molecule has 0 rings (SSSR count). The number of thiocarbonyl (C=S) groups is 1. The number of nitrogens with one attached hydrogen (secondary N) is 1. The van der Waals surface area contributed by atoms with Gasteiger partial charge in [-0.05, 0) is 18.1 Å². The second-order valence-electron chi connectivity index (χ2n) is 2.48. The van der Waals surface area contributed by atoms with Crippen molar-refractivity contribution in [1.29, 1.82) is 0 Å². The van der Waals surface area contributed by atoms with Gasteiger partial charge in [0, 0.05) is 0 Å². The Morgan fingerprint density at radius 1 is 1.73 bits per heavy atom. The topological polar surface area (TPSA) is 64.3 Å². The molecule has 0 radical (unpaired) electrons. The quantitative estimate of drug-likeness (QED) is 0.605. The number of rotatable bonds is 2. The van der Waals surface area contributed by atoms with Crippen molar-refractivity contribution >= 4 is 23.4 Å². The molecule has 0 aliphatic carbocycles. The van der Waals surface area contributed by atoms with Crippen LogP contribution in [0.4, 0.5) is 4.79 Å². The van der Waals surface area contributed by atoms with Crippen molar-refractivity contribution in [2.75, 3.05) is 6.61 Å². The molecule has 3 N–H and O–H groups in total. The Kier molecular flexibility index (Phi) is 4.52. The first kappa shape index (κ1) is 10.2. The molecule has 0 saturated heterocycles. The van der Waals surface area contributed by atoms with Crippen molar-refractivity contribution in [3.63, 3.8) is 0 Å². The van der Waals surface area contributed by atoms with Crippen molar-refractivity contribution in [2.24, 2.45) is 11.7 Å². The van der Waals surface area contributed by atoms with E-state index >= 15 is 0 Å². The van der Waals surface area contributed by atoms with Crippen LogP contribution in [0.3, 0.4) is 0 Å². The van der Waals surface area contributed by atoms with Gasteiger partial charge in [0.25, 0.3) is 0 Å². The van der Waals surface area contributed by atoms with Crippen LogP contribution in [-0.2, 0) is 4.74 Å². The molecule has 0 bridgehead atoms. The summed E-state index contributed by atoms with van der Waals surface area (Å²) in [5.74, 6) is 0.312. The Bertz CT molecular complexity index is 159. The molecule has 5 heteroatoms. The molecule has 0 spiro atoms. The second kappa shape index (κ2) is 4.90. The zero-order valence-corrected chi connectivity index (χ0v) is 7.40. The zero-order chi connectivity index (χ0) is 8.85. The standard InChI is InChI=1S/C6H12N2O2S/c1-4(2)3-10-6(9)8-5(7)11/h4H,3H2,1-2H3,(H3,7,8,9,11). The number of ether oxygens (including phenoxy) is 1. The van der Waals surface area contributed by atoms with Crippen LogP contribution in [0, 0.1) is 5.92 Å². The maximum atomic E-state index is 10.7. The Morgan fingerprint density at radius 3 is 2.64 bits per heavy atom. The highest BCUT2D eigenvalue weighted by atomic mass is 32.1. The van der Waals surface area contributed by atoms with Gasteiger partial charge in [-0.2, -0.15) is 0 Å². The van der Waals surface area contributed by atoms with Crippen LogP contribution < -0.4 is 11.1 Å². The highest BCUT2D eigenvalue weighted by Gasteiger charge is 2.02. The van der Waals surface area contributed by atoms with E-state index in [0.717, 1.165) is 0 Å². The van der Waals surface area contributed by atoms with Crippen LogP contribution in [0.5, 0.6) is 0 Å². The highest BCUT2D eigenvalue weighted by molar-refractivity contribution is 7.80. The molecule has 0 heterocycles. The van der Waals surface area contributed by atoms with E-state index < -0.39 is 6.09 Å². The fraction of sp³-hybridized carbons (Fsp3) is 0.667. The van der Waals surface area contributed by atoms with Crippen LogP contribution in [0.2, 0.25) is 0 Å². The first-order valence-electron chi connectivity index (χ1n) is 3.25. The molecule has 0 unspecified atom stereocenters. The van der Waals surface area contributed by atoms with Gasteiger partial charge in [0.1, 0.15) is 0 Å². The van der Waals surface area contributed by atoms with Crippen molar-refractivity contribution in [3.05, 3.63) is 0 Å². The van der Waals surface area contributed by atoms with E-state index in [0.29, 0.717) is 12.5 Å². The maximum Gasteiger partial charge on any atom is 0.413 e. The third-order valence-electron chi connectivity index (χ3n) is 0.773. The molecule has 0 saturated carbocycles. The number of hydrogen-bond acceptors (Lipinski definition) is 3. The van der Waals surface area contributed by atoms with Gasteiger partial charge in [0.15, 0.2) is 5.11 Å².